The van der Waals surface area contributed by atoms with Gasteiger partial charge in [0.05, 0.1) is 12.0 Å². The number of hydrogen-bond donors (Lipinski definition) is 0. The van der Waals surface area contributed by atoms with Crippen LogP contribution in [-0.2, 0) is 14.3 Å². The van der Waals surface area contributed by atoms with Crippen LogP contribution in [0.3, 0.4) is 0 Å². The lowest BCUT2D eigenvalue weighted by atomic mass is 10.2. The molecule has 0 bridgehead atoms. The first kappa shape index (κ1) is 12.6. The van der Waals surface area contributed by atoms with Crippen molar-refractivity contribution in [2.75, 3.05) is 7.11 Å². The normalized spacial score (nSPS) is 10.2. The van der Waals surface area contributed by atoms with E-state index in [2.05, 4.69) is 4.74 Å². The number of non-ortho nitro benzene ring substituents is 1. The number of esters is 1. The van der Waals surface area contributed by atoms with Crippen molar-refractivity contribution in [2.45, 2.75) is 0 Å². The molecule has 0 aromatic heterocycles. The lowest BCUT2D eigenvalue weighted by Crippen LogP contribution is -2.12. The largest absolute Gasteiger partial charge is 0.463 e. The molecule has 0 aliphatic rings. The Balaban J connectivity index is 2.76. The van der Waals surface area contributed by atoms with E-state index in [1.54, 1.807) is 0 Å². The lowest BCUT2D eigenvalue weighted by molar-refractivity contribution is -0.384. The summed E-state index contributed by atoms with van der Waals surface area (Å²) in [5.74, 6) is -1.74. The molecule has 0 unspecified atom stereocenters. The van der Waals surface area contributed by atoms with E-state index in [1.165, 1.54) is 30.3 Å². The number of methoxy groups -OCH3 is 1. The summed E-state index contributed by atoms with van der Waals surface area (Å²) in [7, 11) is 1.11. The molecule has 0 spiro atoms. The van der Waals surface area contributed by atoms with Crippen LogP contribution in [0.4, 0.5) is 5.69 Å². The summed E-state index contributed by atoms with van der Waals surface area (Å²) in [5, 5.41) is 10.4. The van der Waals surface area contributed by atoms with Gasteiger partial charge in [-0.3, -0.25) is 14.9 Å². The first-order valence-electron chi connectivity index (χ1n) is 4.59. The summed E-state index contributed by atoms with van der Waals surface area (Å²) in [4.78, 5) is 31.7. The monoisotopic (exact) mass is 235 g/mol. The molecule has 0 saturated heterocycles. The summed E-state index contributed by atoms with van der Waals surface area (Å²) < 4.78 is 4.22. The molecule has 1 aromatic rings. The number of rotatable bonds is 4. The summed E-state index contributed by atoms with van der Waals surface area (Å²) in [6.45, 7) is 0. The fourth-order valence-electron chi connectivity index (χ4n) is 1.05. The average molecular weight is 235 g/mol. The fourth-order valence-corrected chi connectivity index (χ4v) is 1.05. The standard InChI is InChI=1S/C11H9NO5/c1-17-11(14)10(13)7-4-8-2-5-9(6-3-8)12(15)16/h2-7H,1H3/b7-4+. The van der Waals surface area contributed by atoms with E-state index in [0.29, 0.717) is 5.56 Å². The number of nitro benzene ring substituents is 1. The van der Waals surface area contributed by atoms with Gasteiger partial charge in [0.2, 0.25) is 0 Å². The van der Waals surface area contributed by atoms with Crippen LogP contribution in [-0.4, -0.2) is 23.8 Å². The molecule has 0 aliphatic heterocycles. The van der Waals surface area contributed by atoms with E-state index in [9.17, 15) is 19.7 Å². The van der Waals surface area contributed by atoms with Gasteiger partial charge in [-0.05, 0) is 23.8 Å². The Morgan fingerprint density at radius 3 is 2.35 bits per heavy atom. The van der Waals surface area contributed by atoms with Crippen LogP contribution >= 0.6 is 0 Å². The quantitative estimate of drug-likeness (QED) is 0.258. The third kappa shape index (κ3) is 3.53. The summed E-state index contributed by atoms with van der Waals surface area (Å²) >= 11 is 0. The fraction of sp³-hybridized carbons (Fsp3) is 0.0909. The van der Waals surface area contributed by atoms with Crippen molar-refractivity contribution >= 4 is 23.5 Å². The van der Waals surface area contributed by atoms with Gasteiger partial charge in [0.15, 0.2) is 0 Å². The number of nitro groups is 1. The number of benzene rings is 1. The van der Waals surface area contributed by atoms with Crippen LogP contribution in [0.2, 0.25) is 0 Å². The molecular weight excluding hydrogens is 226 g/mol. The van der Waals surface area contributed by atoms with Gasteiger partial charge in [-0.25, -0.2) is 4.79 Å². The predicted molar refractivity (Wildman–Crippen MR) is 59.2 cm³/mol. The van der Waals surface area contributed by atoms with Crippen LogP contribution < -0.4 is 0 Å². The van der Waals surface area contributed by atoms with Crippen LogP contribution in [0.1, 0.15) is 5.56 Å². The van der Waals surface area contributed by atoms with Gasteiger partial charge < -0.3 is 4.74 Å². The first-order valence-corrected chi connectivity index (χ1v) is 4.59. The van der Waals surface area contributed by atoms with Crippen molar-refractivity contribution < 1.29 is 19.2 Å². The molecule has 88 valence electrons. The van der Waals surface area contributed by atoms with E-state index in [1.807, 2.05) is 0 Å². The van der Waals surface area contributed by atoms with Crippen molar-refractivity contribution in [1.29, 1.82) is 0 Å². The van der Waals surface area contributed by atoms with Crippen LogP contribution in [0.15, 0.2) is 30.3 Å². The Labute approximate surface area is 96.7 Å². The molecule has 0 heterocycles. The number of carbonyl (C=O) groups excluding carboxylic acids is 2. The maximum atomic E-state index is 11.1. The van der Waals surface area contributed by atoms with E-state index in [0.717, 1.165) is 13.2 Å². The predicted octanol–water partition coefficient (Wildman–Crippen LogP) is 1.35. The van der Waals surface area contributed by atoms with E-state index in [-0.39, 0.29) is 5.69 Å². The number of carbonyl (C=O) groups is 2. The molecule has 1 aromatic carbocycles. The van der Waals surface area contributed by atoms with Gasteiger partial charge in [0.25, 0.3) is 11.5 Å². The maximum Gasteiger partial charge on any atom is 0.378 e. The minimum atomic E-state index is -0.955. The van der Waals surface area contributed by atoms with E-state index >= 15 is 0 Å². The molecule has 0 amide bonds. The molecule has 0 N–H and O–H groups in total. The van der Waals surface area contributed by atoms with Crippen molar-refractivity contribution in [3.8, 4) is 0 Å². The Morgan fingerprint density at radius 2 is 1.88 bits per heavy atom. The average Bonchev–Trinajstić information content (AvgIpc) is 2.35. The van der Waals surface area contributed by atoms with Crippen molar-refractivity contribution in [3.05, 3.63) is 46.0 Å². The molecule has 0 fully saturated rings. The molecule has 0 saturated carbocycles. The second kappa shape index (κ2) is 5.55. The topological polar surface area (TPSA) is 86.5 Å². The van der Waals surface area contributed by atoms with Gasteiger partial charge in [-0.15, -0.1) is 0 Å². The molecule has 0 atom stereocenters. The second-order valence-electron chi connectivity index (χ2n) is 3.04. The molecule has 1 rings (SSSR count). The highest BCUT2D eigenvalue weighted by Gasteiger charge is 2.09. The van der Waals surface area contributed by atoms with Crippen LogP contribution in [0.5, 0.6) is 0 Å². The Hall–Kier alpha value is -2.50. The van der Waals surface area contributed by atoms with Crippen molar-refractivity contribution in [3.63, 3.8) is 0 Å². The third-order valence-electron chi connectivity index (χ3n) is 1.92. The van der Waals surface area contributed by atoms with E-state index in [4.69, 9.17) is 0 Å². The van der Waals surface area contributed by atoms with Crippen LogP contribution in [0, 0.1) is 10.1 Å². The van der Waals surface area contributed by atoms with E-state index < -0.39 is 16.7 Å². The number of nitrogens with zero attached hydrogens (tertiary/aromatic N) is 1. The number of ether oxygens (including phenoxy) is 1. The maximum absolute atomic E-state index is 11.1. The van der Waals surface area contributed by atoms with Gasteiger partial charge in [-0.1, -0.05) is 6.08 Å². The molecule has 6 heteroatoms. The number of ketones is 1. The Morgan fingerprint density at radius 1 is 1.29 bits per heavy atom. The van der Waals surface area contributed by atoms with Gasteiger partial charge >= 0.3 is 5.97 Å². The Bertz CT molecular complexity index is 475. The van der Waals surface area contributed by atoms with Crippen molar-refractivity contribution in [1.82, 2.24) is 0 Å². The third-order valence-corrected chi connectivity index (χ3v) is 1.92. The first-order chi connectivity index (χ1) is 8.04. The van der Waals surface area contributed by atoms with Gasteiger partial charge in [0.1, 0.15) is 0 Å². The zero-order valence-corrected chi connectivity index (χ0v) is 8.95. The zero-order chi connectivity index (χ0) is 12.8. The van der Waals surface area contributed by atoms with Gasteiger partial charge in [0, 0.05) is 12.1 Å². The molecule has 0 aliphatic carbocycles. The molecule has 0 radical (unpaired) electrons. The highest BCUT2D eigenvalue weighted by Crippen LogP contribution is 2.12. The number of hydrogen-bond acceptors (Lipinski definition) is 5. The second-order valence-corrected chi connectivity index (χ2v) is 3.04. The minimum absolute atomic E-state index is 0.0403. The lowest BCUT2D eigenvalue weighted by Gasteiger charge is -1.94. The van der Waals surface area contributed by atoms with Crippen LogP contribution in [0.25, 0.3) is 6.08 Å². The summed E-state index contributed by atoms with van der Waals surface area (Å²) in [5.41, 5.74) is 0.536. The highest BCUT2D eigenvalue weighted by molar-refractivity contribution is 6.39. The minimum Gasteiger partial charge on any atom is -0.463 e. The summed E-state index contributed by atoms with van der Waals surface area (Å²) in [6, 6.07) is 5.56. The van der Waals surface area contributed by atoms with Gasteiger partial charge in [-0.2, -0.15) is 0 Å². The smallest absolute Gasteiger partial charge is 0.378 e. The van der Waals surface area contributed by atoms with Crippen molar-refractivity contribution in [2.24, 2.45) is 0 Å². The summed E-state index contributed by atoms with van der Waals surface area (Å²) in [6.07, 6.45) is 2.43. The zero-order valence-electron chi connectivity index (χ0n) is 8.95. The molecular formula is C11H9NO5. The highest BCUT2D eigenvalue weighted by atomic mass is 16.6. The molecule has 17 heavy (non-hydrogen) atoms. The Kier molecular flexibility index (Phi) is 4.10. The SMILES string of the molecule is COC(=O)C(=O)/C=C/c1ccc([N+](=O)[O-])cc1. The molecule has 6 nitrogen and oxygen atoms in total.